The molecule has 2 nitrogen and oxygen atoms in total. The zero-order valence-corrected chi connectivity index (χ0v) is 10.0. The van der Waals surface area contributed by atoms with Crippen LogP contribution in [-0.2, 0) is 0 Å². The summed E-state index contributed by atoms with van der Waals surface area (Å²) in [5.74, 6) is 1.92. The van der Waals surface area contributed by atoms with E-state index in [0.717, 1.165) is 23.9 Å². The van der Waals surface area contributed by atoms with Gasteiger partial charge in [0.25, 0.3) is 0 Å². The van der Waals surface area contributed by atoms with Crippen molar-refractivity contribution in [2.45, 2.75) is 47.2 Å². The zero-order valence-electron chi connectivity index (χ0n) is 10.0. The molecular weight excluding hydrogens is 184 g/mol. The standard InChI is InChI=1S/C12H24N2.CH4/c1-9(2)13-5-11-7-14(10(3)4)8-12(11)6-13;/h9-12H,5-8H2,1-4H3;1H4. The predicted octanol–water partition coefficient (Wildman–Crippen LogP) is 2.30. The molecule has 90 valence electrons. The molecule has 0 aromatic carbocycles. The molecule has 0 spiro atoms. The van der Waals surface area contributed by atoms with E-state index in [-0.39, 0.29) is 7.43 Å². The summed E-state index contributed by atoms with van der Waals surface area (Å²) in [7, 11) is 0. The third-order valence-corrected chi connectivity index (χ3v) is 4.00. The van der Waals surface area contributed by atoms with E-state index in [1.807, 2.05) is 0 Å². The Bertz CT molecular complexity index is 167. The molecule has 2 rings (SSSR count). The molecule has 0 aromatic rings. The first-order chi connectivity index (χ1) is 6.58. The van der Waals surface area contributed by atoms with Crippen LogP contribution in [0.15, 0.2) is 0 Å². The molecule has 0 atom stereocenters. The smallest absolute Gasteiger partial charge is 0.00388 e. The fourth-order valence-electron chi connectivity index (χ4n) is 2.91. The summed E-state index contributed by atoms with van der Waals surface area (Å²) in [5.41, 5.74) is 0. The number of hydrogen-bond acceptors (Lipinski definition) is 2. The molecule has 0 unspecified atom stereocenters. The lowest BCUT2D eigenvalue weighted by molar-refractivity contribution is 0.203. The monoisotopic (exact) mass is 212 g/mol. The Hall–Kier alpha value is -0.0800. The van der Waals surface area contributed by atoms with Gasteiger partial charge in [-0.05, 0) is 39.5 Å². The van der Waals surface area contributed by atoms with Crippen LogP contribution in [0, 0.1) is 11.8 Å². The Morgan fingerprint density at radius 2 is 1.00 bits per heavy atom. The van der Waals surface area contributed by atoms with Crippen LogP contribution in [0.25, 0.3) is 0 Å². The summed E-state index contributed by atoms with van der Waals surface area (Å²) in [6.07, 6.45) is 0. The fourth-order valence-corrected chi connectivity index (χ4v) is 2.91. The highest BCUT2D eigenvalue weighted by Crippen LogP contribution is 2.32. The molecule has 2 fully saturated rings. The fraction of sp³-hybridized carbons (Fsp3) is 1.00. The molecule has 0 bridgehead atoms. The van der Waals surface area contributed by atoms with Crippen molar-refractivity contribution in [3.8, 4) is 0 Å². The molecule has 15 heavy (non-hydrogen) atoms. The van der Waals surface area contributed by atoms with Gasteiger partial charge in [-0.2, -0.15) is 0 Å². The normalized spacial score (nSPS) is 32.4. The molecule has 2 saturated heterocycles. The highest BCUT2D eigenvalue weighted by Gasteiger charge is 2.40. The van der Waals surface area contributed by atoms with Gasteiger partial charge in [0.05, 0.1) is 0 Å². The van der Waals surface area contributed by atoms with Gasteiger partial charge in [-0.3, -0.25) is 0 Å². The first kappa shape index (κ1) is 13.0. The number of rotatable bonds is 2. The topological polar surface area (TPSA) is 6.48 Å². The van der Waals surface area contributed by atoms with Crippen LogP contribution in [-0.4, -0.2) is 48.1 Å². The van der Waals surface area contributed by atoms with Gasteiger partial charge in [-0.1, -0.05) is 7.43 Å². The minimum Gasteiger partial charge on any atom is -0.300 e. The van der Waals surface area contributed by atoms with Gasteiger partial charge in [-0.25, -0.2) is 0 Å². The van der Waals surface area contributed by atoms with E-state index in [4.69, 9.17) is 0 Å². The average molecular weight is 212 g/mol. The quantitative estimate of drug-likeness (QED) is 0.693. The van der Waals surface area contributed by atoms with Crippen molar-refractivity contribution in [3.63, 3.8) is 0 Å². The van der Waals surface area contributed by atoms with Crippen molar-refractivity contribution in [2.75, 3.05) is 26.2 Å². The van der Waals surface area contributed by atoms with Crippen LogP contribution in [0.4, 0.5) is 0 Å². The number of hydrogen-bond donors (Lipinski definition) is 0. The summed E-state index contributed by atoms with van der Waals surface area (Å²) < 4.78 is 0. The third-order valence-electron chi connectivity index (χ3n) is 4.00. The molecular formula is C13H28N2. The van der Waals surface area contributed by atoms with Gasteiger partial charge < -0.3 is 9.80 Å². The van der Waals surface area contributed by atoms with Crippen molar-refractivity contribution < 1.29 is 0 Å². The largest absolute Gasteiger partial charge is 0.300 e. The highest BCUT2D eigenvalue weighted by atomic mass is 15.3. The molecule has 2 aliphatic heterocycles. The van der Waals surface area contributed by atoms with Crippen LogP contribution >= 0.6 is 0 Å². The minimum absolute atomic E-state index is 0. The van der Waals surface area contributed by atoms with Crippen molar-refractivity contribution in [2.24, 2.45) is 11.8 Å². The Balaban J connectivity index is 0.00000112. The third kappa shape index (κ3) is 2.54. The highest BCUT2D eigenvalue weighted by molar-refractivity contribution is 4.94. The molecule has 2 aliphatic rings. The maximum atomic E-state index is 2.65. The van der Waals surface area contributed by atoms with Crippen LogP contribution < -0.4 is 0 Å². The average Bonchev–Trinajstić information content (AvgIpc) is 2.57. The van der Waals surface area contributed by atoms with Crippen molar-refractivity contribution in [3.05, 3.63) is 0 Å². The maximum absolute atomic E-state index is 2.65. The molecule has 0 aliphatic carbocycles. The van der Waals surface area contributed by atoms with Gasteiger partial charge in [0.15, 0.2) is 0 Å². The van der Waals surface area contributed by atoms with Gasteiger partial charge in [0.2, 0.25) is 0 Å². The van der Waals surface area contributed by atoms with Gasteiger partial charge in [0, 0.05) is 38.3 Å². The lowest BCUT2D eigenvalue weighted by Gasteiger charge is -2.26. The first-order valence-corrected chi connectivity index (χ1v) is 6.06. The second-order valence-electron chi connectivity index (χ2n) is 5.62. The molecule has 0 radical (unpaired) electrons. The minimum atomic E-state index is 0. The lowest BCUT2D eigenvalue weighted by atomic mass is 10.0. The zero-order chi connectivity index (χ0) is 10.3. The van der Waals surface area contributed by atoms with E-state index in [1.54, 1.807) is 0 Å². The molecule has 0 saturated carbocycles. The summed E-state index contributed by atoms with van der Waals surface area (Å²) in [4.78, 5) is 5.29. The van der Waals surface area contributed by atoms with Crippen molar-refractivity contribution in [1.82, 2.24) is 9.80 Å². The van der Waals surface area contributed by atoms with Gasteiger partial charge in [-0.15, -0.1) is 0 Å². The van der Waals surface area contributed by atoms with Gasteiger partial charge in [0.1, 0.15) is 0 Å². The lowest BCUT2D eigenvalue weighted by Crippen LogP contribution is -2.35. The Kier molecular flexibility index (Phi) is 4.19. The summed E-state index contributed by atoms with van der Waals surface area (Å²) in [6, 6.07) is 1.49. The second kappa shape index (κ2) is 4.84. The Morgan fingerprint density at radius 1 is 0.733 bits per heavy atom. The first-order valence-electron chi connectivity index (χ1n) is 6.06. The van der Waals surface area contributed by atoms with Crippen molar-refractivity contribution >= 4 is 0 Å². The predicted molar refractivity (Wildman–Crippen MR) is 67.1 cm³/mol. The number of nitrogens with zero attached hydrogens (tertiary/aromatic N) is 2. The SMILES string of the molecule is C.CC(C)N1CC2CN(C(C)C)CC2C1. The second-order valence-corrected chi connectivity index (χ2v) is 5.62. The van der Waals surface area contributed by atoms with Crippen LogP contribution in [0.2, 0.25) is 0 Å². The molecule has 0 aromatic heterocycles. The Labute approximate surface area is 95.6 Å². The summed E-state index contributed by atoms with van der Waals surface area (Å²) in [6.45, 7) is 14.6. The Morgan fingerprint density at radius 3 is 1.20 bits per heavy atom. The van der Waals surface area contributed by atoms with Crippen LogP contribution in [0.1, 0.15) is 35.1 Å². The summed E-state index contributed by atoms with van der Waals surface area (Å²) in [5, 5.41) is 0. The van der Waals surface area contributed by atoms with Gasteiger partial charge >= 0.3 is 0 Å². The molecule has 2 heteroatoms. The summed E-state index contributed by atoms with van der Waals surface area (Å²) >= 11 is 0. The molecule has 0 N–H and O–H groups in total. The van der Waals surface area contributed by atoms with E-state index >= 15 is 0 Å². The number of likely N-dealkylation sites (tertiary alicyclic amines) is 2. The van der Waals surface area contributed by atoms with Crippen LogP contribution in [0.3, 0.4) is 0 Å². The van der Waals surface area contributed by atoms with E-state index in [9.17, 15) is 0 Å². The molecule has 0 amide bonds. The number of fused-ring (bicyclic) bond motifs is 1. The van der Waals surface area contributed by atoms with Crippen molar-refractivity contribution in [1.29, 1.82) is 0 Å². The van der Waals surface area contributed by atoms with Crippen LogP contribution in [0.5, 0.6) is 0 Å². The van der Waals surface area contributed by atoms with E-state index in [1.165, 1.54) is 26.2 Å². The van der Waals surface area contributed by atoms with E-state index in [2.05, 4.69) is 37.5 Å². The maximum Gasteiger partial charge on any atom is 0.00388 e. The molecule has 2 heterocycles. The van der Waals surface area contributed by atoms with E-state index < -0.39 is 0 Å². The van der Waals surface area contributed by atoms with E-state index in [0.29, 0.717) is 0 Å².